The number of amides is 1. The first-order chi connectivity index (χ1) is 12.1. The molecule has 128 valence electrons. The molecule has 2 aromatic heterocycles. The van der Waals surface area contributed by atoms with E-state index < -0.39 is 0 Å². The maximum atomic E-state index is 12.9. The Morgan fingerprint density at radius 3 is 2.88 bits per heavy atom. The fourth-order valence-corrected chi connectivity index (χ4v) is 3.73. The number of hydrogen-bond acceptors (Lipinski definition) is 3. The quantitative estimate of drug-likeness (QED) is 0.679. The molecule has 1 fully saturated rings. The maximum absolute atomic E-state index is 12.9. The predicted octanol–water partition coefficient (Wildman–Crippen LogP) is 4.06. The van der Waals surface area contributed by atoms with Crippen LogP contribution in [0, 0.1) is 0 Å². The van der Waals surface area contributed by atoms with E-state index in [2.05, 4.69) is 10.2 Å². The van der Waals surface area contributed by atoms with Crippen LogP contribution in [0.25, 0.3) is 5.65 Å². The monoisotopic (exact) mass is 374 g/mol. The summed E-state index contributed by atoms with van der Waals surface area (Å²) in [5, 5.41) is 9.27. The van der Waals surface area contributed by atoms with Gasteiger partial charge in [0.2, 0.25) is 0 Å². The highest BCUT2D eigenvalue weighted by Gasteiger charge is 2.29. The number of nitrogens with zero attached hydrogens (tertiary/aromatic N) is 4. The fourth-order valence-electron chi connectivity index (χ4n) is 3.35. The number of aromatic nitrogens is 3. The number of pyridine rings is 1. The Labute approximate surface area is 155 Å². The number of rotatable bonds is 2. The van der Waals surface area contributed by atoms with Crippen molar-refractivity contribution >= 4 is 34.8 Å². The Morgan fingerprint density at radius 1 is 1.12 bits per heavy atom. The van der Waals surface area contributed by atoms with Gasteiger partial charge in [-0.2, -0.15) is 0 Å². The SMILES string of the molecule is O=C(c1cccc(Cl)c1Cl)N1CCCC(c2nnc3ccccn23)C1. The van der Waals surface area contributed by atoms with Gasteiger partial charge in [0.25, 0.3) is 5.91 Å². The molecule has 3 aromatic rings. The molecule has 0 bridgehead atoms. The van der Waals surface area contributed by atoms with Crippen LogP contribution < -0.4 is 0 Å². The summed E-state index contributed by atoms with van der Waals surface area (Å²) < 4.78 is 1.99. The van der Waals surface area contributed by atoms with Crippen molar-refractivity contribution in [3.8, 4) is 0 Å². The topological polar surface area (TPSA) is 50.5 Å². The normalized spacial score (nSPS) is 17.8. The van der Waals surface area contributed by atoms with Crippen LogP contribution in [0.2, 0.25) is 10.0 Å². The van der Waals surface area contributed by atoms with Gasteiger partial charge < -0.3 is 4.90 Å². The van der Waals surface area contributed by atoms with E-state index in [1.54, 1.807) is 18.2 Å². The Bertz CT molecular complexity index is 940. The molecule has 25 heavy (non-hydrogen) atoms. The number of carbonyl (C=O) groups excluding carboxylic acids is 1. The summed E-state index contributed by atoms with van der Waals surface area (Å²) in [4.78, 5) is 14.7. The molecule has 0 saturated carbocycles. The number of benzene rings is 1. The minimum absolute atomic E-state index is 0.0916. The molecular weight excluding hydrogens is 359 g/mol. The molecule has 1 aromatic carbocycles. The van der Waals surface area contributed by atoms with E-state index in [-0.39, 0.29) is 11.8 Å². The molecule has 0 aliphatic carbocycles. The van der Waals surface area contributed by atoms with Gasteiger partial charge in [0.15, 0.2) is 5.65 Å². The van der Waals surface area contributed by atoms with Crippen molar-refractivity contribution in [2.75, 3.05) is 13.1 Å². The van der Waals surface area contributed by atoms with E-state index in [1.165, 1.54) is 0 Å². The van der Waals surface area contributed by atoms with E-state index in [1.807, 2.05) is 33.7 Å². The highest BCUT2D eigenvalue weighted by Crippen LogP contribution is 2.30. The van der Waals surface area contributed by atoms with Crippen molar-refractivity contribution in [3.05, 3.63) is 64.0 Å². The van der Waals surface area contributed by atoms with Crippen molar-refractivity contribution in [2.45, 2.75) is 18.8 Å². The Morgan fingerprint density at radius 2 is 2.00 bits per heavy atom. The second kappa shape index (κ2) is 6.65. The number of halogens is 2. The number of fused-ring (bicyclic) bond motifs is 1. The van der Waals surface area contributed by atoms with Gasteiger partial charge >= 0.3 is 0 Å². The first-order valence-electron chi connectivity index (χ1n) is 8.18. The summed E-state index contributed by atoms with van der Waals surface area (Å²) in [7, 11) is 0. The average molecular weight is 375 g/mol. The zero-order valence-corrected chi connectivity index (χ0v) is 14.9. The fraction of sp³-hybridized carbons (Fsp3) is 0.278. The lowest BCUT2D eigenvalue weighted by molar-refractivity contribution is 0.0704. The first kappa shape index (κ1) is 16.4. The van der Waals surface area contributed by atoms with Crippen LogP contribution in [0.1, 0.15) is 34.9 Å². The van der Waals surface area contributed by atoms with Crippen molar-refractivity contribution in [3.63, 3.8) is 0 Å². The molecule has 1 amide bonds. The van der Waals surface area contributed by atoms with Gasteiger partial charge in [-0.1, -0.05) is 35.3 Å². The number of likely N-dealkylation sites (tertiary alicyclic amines) is 1. The maximum Gasteiger partial charge on any atom is 0.255 e. The minimum Gasteiger partial charge on any atom is -0.338 e. The molecule has 7 heteroatoms. The van der Waals surface area contributed by atoms with Gasteiger partial charge in [-0.15, -0.1) is 10.2 Å². The van der Waals surface area contributed by atoms with Crippen LogP contribution in [0.3, 0.4) is 0 Å². The largest absolute Gasteiger partial charge is 0.338 e. The van der Waals surface area contributed by atoms with Crippen LogP contribution in [0.15, 0.2) is 42.6 Å². The number of carbonyl (C=O) groups is 1. The van der Waals surface area contributed by atoms with Gasteiger partial charge in [0, 0.05) is 25.2 Å². The van der Waals surface area contributed by atoms with E-state index >= 15 is 0 Å². The molecular formula is C18H16Cl2N4O. The van der Waals surface area contributed by atoms with Gasteiger partial charge in [-0.05, 0) is 37.1 Å². The van der Waals surface area contributed by atoms with E-state index in [9.17, 15) is 4.79 Å². The molecule has 4 rings (SSSR count). The van der Waals surface area contributed by atoms with Crippen LogP contribution in [-0.4, -0.2) is 38.5 Å². The first-order valence-corrected chi connectivity index (χ1v) is 8.93. The van der Waals surface area contributed by atoms with Crippen LogP contribution in [0.5, 0.6) is 0 Å². The van der Waals surface area contributed by atoms with Gasteiger partial charge in [0.05, 0.1) is 15.6 Å². The lowest BCUT2D eigenvalue weighted by Crippen LogP contribution is -2.39. The molecule has 1 aliphatic rings. The third kappa shape index (κ3) is 2.98. The van der Waals surface area contributed by atoms with Crippen LogP contribution >= 0.6 is 23.2 Å². The summed E-state index contributed by atoms with van der Waals surface area (Å²) in [5.74, 6) is 0.948. The van der Waals surface area contributed by atoms with Crippen molar-refractivity contribution in [2.24, 2.45) is 0 Å². The predicted molar refractivity (Wildman–Crippen MR) is 97.3 cm³/mol. The molecule has 1 unspecified atom stereocenters. The summed E-state index contributed by atoms with van der Waals surface area (Å²) >= 11 is 12.3. The lowest BCUT2D eigenvalue weighted by Gasteiger charge is -2.32. The van der Waals surface area contributed by atoms with E-state index in [4.69, 9.17) is 23.2 Å². The Balaban J connectivity index is 1.61. The molecule has 0 N–H and O–H groups in total. The van der Waals surface area contributed by atoms with Gasteiger partial charge in [-0.3, -0.25) is 9.20 Å². The average Bonchev–Trinajstić information content (AvgIpc) is 3.08. The summed E-state index contributed by atoms with van der Waals surface area (Å²) in [6.45, 7) is 1.30. The second-order valence-electron chi connectivity index (χ2n) is 6.18. The molecule has 5 nitrogen and oxygen atoms in total. The zero-order valence-electron chi connectivity index (χ0n) is 13.4. The third-order valence-electron chi connectivity index (χ3n) is 4.60. The summed E-state index contributed by atoms with van der Waals surface area (Å²) in [6.07, 6.45) is 3.85. The minimum atomic E-state index is -0.0916. The van der Waals surface area contributed by atoms with Crippen molar-refractivity contribution < 1.29 is 4.79 Å². The van der Waals surface area contributed by atoms with Gasteiger partial charge in [0.1, 0.15) is 5.82 Å². The summed E-state index contributed by atoms with van der Waals surface area (Å²) in [5.41, 5.74) is 1.26. The Hall–Kier alpha value is -2.11. The molecule has 0 spiro atoms. The van der Waals surface area contributed by atoms with Crippen molar-refractivity contribution in [1.29, 1.82) is 0 Å². The smallest absolute Gasteiger partial charge is 0.255 e. The third-order valence-corrected chi connectivity index (χ3v) is 5.41. The number of hydrogen-bond donors (Lipinski definition) is 0. The molecule has 1 aliphatic heterocycles. The van der Waals surface area contributed by atoms with E-state index in [0.717, 1.165) is 24.3 Å². The molecule has 1 saturated heterocycles. The Kier molecular flexibility index (Phi) is 4.36. The molecule has 3 heterocycles. The molecule has 0 radical (unpaired) electrons. The van der Waals surface area contributed by atoms with Crippen molar-refractivity contribution in [1.82, 2.24) is 19.5 Å². The highest BCUT2D eigenvalue weighted by molar-refractivity contribution is 6.43. The zero-order chi connectivity index (χ0) is 17.4. The lowest BCUT2D eigenvalue weighted by atomic mass is 9.96. The van der Waals surface area contributed by atoms with Crippen LogP contribution in [0.4, 0.5) is 0 Å². The van der Waals surface area contributed by atoms with E-state index in [0.29, 0.717) is 28.7 Å². The van der Waals surface area contributed by atoms with Gasteiger partial charge in [-0.25, -0.2) is 0 Å². The number of piperidine rings is 1. The highest BCUT2D eigenvalue weighted by atomic mass is 35.5. The molecule has 1 atom stereocenters. The van der Waals surface area contributed by atoms with Crippen LogP contribution in [-0.2, 0) is 0 Å². The second-order valence-corrected chi connectivity index (χ2v) is 6.96. The standard InChI is InChI=1S/C18H16Cl2N4O/c19-14-7-3-6-13(16(14)20)18(25)23-9-4-5-12(11-23)17-22-21-15-8-1-2-10-24(15)17/h1-3,6-8,10,12H,4-5,9,11H2. The summed E-state index contributed by atoms with van der Waals surface area (Å²) in [6, 6.07) is 11.0.